The first-order chi connectivity index (χ1) is 18.9. The number of carbonyl (C=O) groups is 1. The Kier molecular flexibility index (Phi) is 9.82. The van der Waals surface area contributed by atoms with E-state index in [4.69, 9.17) is 0 Å². The molecular weight excluding hydrogens is 590 g/mol. The van der Waals surface area contributed by atoms with Crippen LogP contribution in [-0.4, -0.2) is 81.9 Å². The lowest BCUT2D eigenvalue weighted by atomic mass is 9.80. The predicted octanol–water partition coefficient (Wildman–Crippen LogP) is 4.51. The lowest BCUT2D eigenvalue weighted by molar-refractivity contribution is -0.360. The van der Waals surface area contributed by atoms with Crippen LogP contribution in [0, 0.1) is 0 Å². The number of halogens is 8. The molecule has 1 unspecified atom stereocenters. The average molecular weight is 622 g/mol. The van der Waals surface area contributed by atoms with Crippen molar-refractivity contribution in [1.82, 2.24) is 15.5 Å². The molecule has 0 saturated carbocycles. The summed E-state index contributed by atoms with van der Waals surface area (Å²) in [6.07, 6.45) is -11.8. The zero-order valence-electron chi connectivity index (χ0n) is 22.3. The van der Waals surface area contributed by atoms with Gasteiger partial charge in [0.05, 0.1) is 0 Å². The first kappa shape index (κ1) is 33.2. The van der Waals surface area contributed by atoms with Crippen LogP contribution in [0.5, 0.6) is 0 Å². The Morgan fingerprint density at radius 2 is 1.68 bits per heavy atom. The molecule has 7 nitrogen and oxygen atoms in total. The second kappa shape index (κ2) is 12.1. The highest BCUT2D eigenvalue weighted by molar-refractivity contribution is 7.96. The van der Waals surface area contributed by atoms with E-state index in [-0.39, 0.29) is 69.1 Å². The molecule has 1 atom stereocenters. The number of allylic oxidation sites excluding steroid dienone is 6. The quantitative estimate of drug-likeness (QED) is 0.276. The minimum Gasteiger partial charge on any atom is -0.357 e. The molecule has 41 heavy (non-hydrogen) atoms. The van der Waals surface area contributed by atoms with E-state index in [1.165, 1.54) is 6.92 Å². The molecule has 3 rings (SSSR count). The summed E-state index contributed by atoms with van der Waals surface area (Å²) < 4.78 is 142. The van der Waals surface area contributed by atoms with E-state index < -0.39 is 62.6 Å². The first-order valence-corrected chi connectivity index (χ1v) is 14.2. The minimum absolute atomic E-state index is 0.130. The molecule has 1 amide bonds. The molecule has 0 bridgehead atoms. The third kappa shape index (κ3) is 6.25. The maximum atomic E-state index is 15.4. The number of hydrogen-bond acceptors (Lipinski definition) is 6. The largest absolute Gasteiger partial charge is 0.430 e. The summed E-state index contributed by atoms with van der Waals surface area (Å²) in [5, 5.41) is 5.58. The molecule has 1 fully saturated rings. The van der Waals surface area contributed by atoms with Gasteiger partial charge in [0.2, 0.25) is 5.91 Å². The Bertz CT molecular complexity index is 1240. The molecule has 232 valence electrons. The van der Waals surface area contributed by atoms with Gasteiger partial charge in [-0.1, -0.05) is 0 Å². The minimum atomic E-state index is -6.06. The molecule has 0 aromatic carbocycles. The van der Waals surface area contributed by atoms with Gasteiger partial charge >= 0.3 is 12.4 Å². The van der Waals surface area contributed by atoms with Gasteiger partial charge in [0.25, 0.3) is 5.60 Å². The van der Waals surface area contributed by atoms with Gasteiger partial charge in [0.15, 0.2) is 9.84 Å². The number of ether oxygens (including phenoxy) is 1. The summed E-state index contributed by atoms with van der Waals surface area (Å²) in [5.41, 5.74) is -6.77. The third-order valence-electron chi connectivity index (χ3n) is 7.59. The summed E-state index contributed by atoms with van der Waals surface area (Å²) >= 11 is 0. The van der Waals surface area contributed by atoms with E-state index in [0.29, 0.717) is 12.6 Å². The monoisotopic (exact) mass is 621 g/mol. The van der Waals surface area contributed by atoms with Crippen LogP contribution in [0.1, 0.15) is 39.0 Å². The van der Waals surface area contributed by atoms with Gasteiger partial charge in [0.1, 0.15) is 16.4 Å². The first-order valence-electron chi connectivity index (χ1n) is 12.7. The smallest absolute Gasteiger partial charge is 0.357 e. The van der Waals surface area contributed by atoms with Crippen molar-refractivity contribution in [1.29, 1.82) is 0 Å². The fourth-order valence-electron chi connectivity index (χ4n) is 5.53. The average Bonchev–Trinajstić information content (AvgIpc) is 3.30. The van der Waals surface area contributed by atoms with Gasteiger partial charge < -0.3 is 15.4 Å². The molecule has 1 aliphatic heterocycles. The van der Waals surface area contributed by atoms with Crippen LogP contribution in [0.15, 0.2) is 45.9 Å². The molecule has 1 saturated heterocycles. The van der Waals surface area contributed by atoms with E-state index in [2.05, 4.69) is 15.4 Å². The second-order valence-corrected chi connectivity index (χ2v) is 12.4. The van der Waals surface area contributed by atoms with Crippen LogP contribution in [0.25, 0.3) is 0 Å². The lowest BCUT2D eigenvalue weighted by Gasteiger charge is -2.40. The topological polar surface area (TPSA) is 87.7 Å². The maximum absolute atomic E-state index is 15.4. The van der Waals surface area contributed by atoms with Gasteiger partial charge in [-0.2, -0.15) is 26.3 Å². The fourth-order valence-corrected chi connectivity index (χ4v) is 7.87. The summed E-state index contributed by atoms with van der Waals surface area (Å²) in [6, 6.07) is 0. The van der Waals surface area contributed by atoms with E-state index in [1.54, 1.807) is 4.90 Å². The molecule has 16 heteroatoms. The van der Waals surface area contributed by atoms with Crippen molar-refractivity contribution in [3.05, 3.63) is 45.9 Å². The van der Waals surface area contributed by atoms with Gasteiger partial charge in [-0.3, -0.25) is 9.69 Å². The number of rotatable bonds is 10. The molecular formula is C25H31F8N3O4S. The zero-order chi connectivity index (χ0) is 30.9. The number of hydrogen-bond donors (Lipinski definition) is 2. The van der Waals surface area contributed by atoms with Gasteiger partial charge in [-0.05, 0) is 49.5 Å². The van der Waals surface area contributed by atoms with Crippen molar-refractivity contribution in [2.24, 2.45) is 0 Å². The predicted molar refractivity (Wildman–Crippen MR) is 133 cm³/mol. The van der Waals surface area contributed by atoms with Crippen molar-refractivity contribution in [2.45, 2.75) is 61.7 Å². The Labute approximate surface area is 232 Å². The van der Waals surface area contributed by atoms with Crippen molar-refractivity contribution >= 4 is 15.7 Å². The lowest BCUT2D eigenvalue weighted by Crippen LogP contribution is -2.60. The van der Waals surface area contributed by atoms with E-state index >= 15 is 4.39 Å². The summed E-state index contributed by atoms with van der Waals surface area (Å²) in [5.74, 6) is -2.68. The molecule has 0 aromatic rings. The fraction of sp³-hybridized carbons (Fsp3) is 0.640. The summed E-state index contributed by atoms with van der Waals surface area (Å²) in [4.78, 5) is 12.5. The molecule has 2 aliphatic carbocycles. The van der Waals surface area contributed by atoms with Crippen LogP contribution in [0.3, 0.4) is 0 Å². The summed E-state index contributed by atoms with van der Waals surface area (Å²) in [7, 11) is -4.19. The highest BCUT2D eigenvalue weighted by Crippen LogP contribution is 2.55. The van der Waals surface area contributed by atoms with Crippen molar-refractivity contribution in [3.8, 4) is 0 Å². The molecule has 1 heterocycles. The number of alkyl halides is 6. The van der Waals surface area contributed by atoms with Crippen LogP contribution in [0.2, 0.25) is 0 Å². The number of carbonyl (C=O) groups excluding carboxylic acids is 1. The van der Waals surface area contributed by atoms with E-state index in [9.17, 15) is 43.9 Å². The van der Waals surface area contributed by atoms with Crippen molar-refractivity contribution in [2.75, 3.05) is 40.0 Å². The molecule has 0 radical (unpaired) electrons. The SMILES string of the molecule is COC(C1=C(F)C=C(C2(S(=O)(=O)C3=CC=C(F)CC3)CCN(CNCCNC(C)=O)C2)CC1)(C(F)(F)F)C(F)(F)F. The Hall–Kier alpha value is -2.30. The van der Waals surface area contributed by atoms with Gasteiger partial charge in [-0.25, -0.2) is 17.2 Å². The van der Waals surface area contributed by atoms with Crippen molar-refractivity contribution < 1.29 is 53.1 Å². The zero-order valence-corrected chi connectivity index (χ0v) is 23.1. The highest BCUT2D eigenvalue weighted by atomic mass is 32.2. The van der Waals surface area contributed by atoms with Crippen LogP contribution >= 0.6 is 0 Å². The van der Waals surface area contributed by atoms with E-state index in [0.717, 1.165) is 12.2 Å². The second-order valence-electron chi connectivity index (χ2n) is 10.1. The maximum Gasteiger partial charge on any atom is 0.430 e. The third-order valence-corrected chi connectivity index (χ3v) is 10.2. The molecule has 0 spiro atoms. The van der Waals surface area contributed by atoms with Crippen LogP contribution < -0.4 is 10.6 Å². The molecule has 3 aliphatic rings. The van der Waals surface area contributed by atoms with Crippen molar-refractivity contribution in [3.63, 3.8) is 0 Å². The Morgan fingerprint density at radius 1 is 1.02 bits per heavy atom. The number of nitrogens with zero attached hydrogens (tertiary/aromatic N) is 1. The number of likely N-dealkylation sites (tertiary alicyclic amines) is 1. The van der Waals surface area contributed by atoms with Gasteiger partial charge in [-0.15, -0.1) is 0 Å². The van der Waals surface area contributed by atoms with Gasteiger partial charge in [0, 0.05) is 63.8 Å². The number of nitrogens with one attached hydrogen (secondary N) is 2. The van der Waals surface area contributed by atoms with Crippen LogP contribution in [-0.2, 0) is 19.4 Å². The number of methoxy groups -OCH3 is 1. The highest BCUT2D eigenvalue weighted by Gasteiger charge is 2.74. The summed E-state index contributed by atoms with van der Waals surface area (Å²) in [6.45, 7) is 1.97. The Morgan fingerprint density at radius 3 is 2.20 bits per heavy atom. The number of sulfone groups is 1. The van der Waals surface area contributed by atoms with Crippen LogP contribution in [0.4, 0.5) is 35.1 Å². The normalized spacial score (nSPS) is 23.3. The van der Waals surface area contributed by atoms with E-state index in [1.807, 2.05) is 0 Å². The molecule has 0 aromatic heterocycles. The Balaban J connectivity index is 2.05. The number of amides is 1. The molecule has 2 N–H and O–H groups in total. The standard InChI is InChI=1S/C25H31F8N3O4S/c1-16(37)35-11-10-34-15-36-12-9-22(14-36,41(38,39)19-6-4-18(26)5-7-19)17-3-8-20(21(27)13-17)23(40-2,24(28,29)30)25(31,32)33/h4,6,13,34H,3,5,7-12,14-15H2,1-2H3,(H,35,37).